The van der Waals surface area contributed by atoms with Gasteiger partial charge in [0, 0.05) is 0 Å². The molecule has 1 saturated heterocycles. The number of hydrogen-bond donors (Lipinski definition) is 1. The molecule has 0 saturated carbocycles. The Kier molecular flexibility index (Phi) is 2.97. The van der Waals surface area contributed by atoms with Crippen molar-refractivity contribution >= 4 is 0 Å². The molecule has 2 aliphatic rings. The largest absolute Gasteiger partial charge is 0.388 e. The third kappa shape index (κ3) is 2.14. The topological polar surface area (TPSA) is 38.7 Å². The van der Waals surface area contributed by atoms with E-state index >= 15 is 0 Å². The first-order chi connectivity index (χ1) is 8.34. The van der Waals surface area contributed by atoms with E-state index in [9.17, 15) is 5.11 Å². The number of rotatable bonds is 3. The lowest BCUT2D eigenvalue weighted by molar-refractivity contribution is -0.0342. The molecule has 1 aromatic carbocycles. The maximum atomic E-state index is 10.0. The predicted octanol–water partition coefficient (Wildman–Crippen LogP) is 1.66. The van der Waals surface area contributed by atoms with Crippen LogP contribution in [0.3, 0.4) is 0 Å². The summed E-state index contributed by atoms with van der Waals surface area (Å²) in [6.07, 6.45) is 3.90. The van der Waals surface area contributed by atoms with E-state index in [2.05, 4.69) is 6.08 Å². The monoisotopic (exact) mass is 232 g/mol. The number of aliphatic hydroxyl groups excluding tert-OH is 1. The van der Waals surface area contributed by atoms with Crippen LogP contribution in [0.1, 0.15) is 12.0 Å². The van der Waals surface area contributed by atoms with Crippen molar-refractivity contribution in [1.82, 2.24) is 0 Å². The van der Waals surface area contributed by atoms with Crippen LogP contribution in [0.15, 0.2) is 42.5 Å². The standard InChI is InChI=1S/C14H16O3/c15-13-11-7-4-8-12(17-11)14(13)16-9-10-5-2-1-3-6-10/h1-6,8,11-15H,7,9H2/t11-,12+,13-,14-/m0/s1. The van der Waals surface area contributed by atoms with E-state index in [4.69, 9.17) is 9.47 Å². The number of benzene rings is 1. The first-order valence-corrected chi connectivity index (χ1v) is 6.00. The zero-order valence-electron chi connectivity index (χ0n) is 9.53. The molecule has 4 atom stereocenters. The summed E-state index contributed by atoms with van der Waals surface area (Å²) < 4.78 is 11.4. The predicted molar refractivity (Wildman–Crippen MR) is 63.4 cm³/mol. The SMILES string of the molecule is O[C@@H]1[C@@H](OCc2ccccc2)[C@H]2C=CC[C@@H]1O2. The summed E-state index contributed by atoms with van der Waals surface area (Å²) in [6, 6.07) is 9.98. The molecule has 2 heterocycles. The molecule has 0 unspecified atom stereocenters. The van der Waals surface area contributed by atoms with Gasteiger partial charge in [-0.2, -0.15) is 0 Å². The van der Waals surface area contributed by atoms with Crippen molar-refractivity contribution in [3.63, 3.8) is 0 Å². The normalized spacial score (nSPS) is 35.1. The third-order valence-electron chi connectivity index (χ3n) is 3.35. The number of fused-ring (bicyclic) bond motifs is 2. The average molecular weight is 232 g/mol. The Morgan fingerprint density at radius 2 is 2.12 bits per heavy atom. The van der Waals surface area contributed by atoms with Crippen molar-refractivity contribution in [1.29, 1.82) is 0 Å². The summed E-state index contributed by atoms with van der Waals surface area (Å²) in [6.45, 7) is 0.517. The second kappa shape index (κ2) is 4.61. The fraction of sp³-hybridized carbons (Fsp3) is 0.429. The van der Waals surface area contributed by atoms with Crippen LogP contribution in [-0.2, 0) is 16.1 Å². The molecule has 0 radical (unpaired) electrons. The fourth-order valence-electron chi connectivity index (χ4n) is 2.42. The van der Waals surface area contributed by atoms with Gasteiger partial charge in [0.05, 0.1) is 12.7 Å². The van der Waals surface area contributed by atoms with Crippen LogP contribution in [-0.4, -0.2) is 29.5 Å². The summed E-state index contributed by atoms with van der Waals surface area (Å²) in [5.74, 6) is 0. The number of aliphatic hydroxyl groups is 1. The van der Waals surface area contributed by atoms with Crippen LogP contribution in [0.25, 0.3) is 0 Å². The Balaban J connectivity index is 1.64. The van der Waals surface area contributed by atoms with Crippen LogP contribution in [0, 0.1) is 0 Å². The number of hydrogen-bond acceptors (Lipinski definition) is 3. The second-order valence-electron chi connectivity index (χ2n) is 4.55. The van der Waals surface area contributed by atoms with Gasteiger partial charge in [-0.1, -0.05) is 42.5 Å². The highest BCUT2D eigenvalue weighted by Crippen LogP contribution is 2.31. The van der Waals surface area contributed by atoms with E-state index in [0.717, 1.165) is 12.0 Å². The molecular formula is C14H16O3. The van der Waals surface area contributed by atoms with E-state index in [0.29, 0.717) is 6.61 Å². The van der Waals surface area contributed by atoms with Gasteiger partial charge in [-0.05, 0) is 12.0 Å². The molecule has 3 rings (SSSR count). The fourth-order valence-corrected chi connectivity index (χ4v) is 2.42. The highest BCUT2D eigenvalue weighted by Gasteiger charge is 2.44. The van der Waals surface area contributed by atoms with Crippen LogP contribution in [0.5, 0.6) is 0 Å². The molecule has 0 spiro atoms. The molecule has 17 heavy (non-hydrogen) atoms. The summed E-state index contributed by atoms with van der Waals surface area (Å²) in [4.78, 5) is 0. The van der Waals surface area contributed by atoms with Gasteiger partial charge in [0.15, 0.2) is 0 Å². The molecule has 3 heteroatoms. The maximum absolute atomic E-state index is 10.0. The molecular weight excluding hydrogens is 216 g/mol. The van der Waals surface area contributed by atoms with Crippen LogP contribution < -0.4 is 0 Å². The first kappa shape index (κ1) is 11.0. The molecule has 1 N–H and O–H groups in total. The smallest absolute Gasteiger partial charge is 0.116 e. The van der Waals surface area contributed by atoms with E-state index in [-0.39, 0.29) is 18.3 Å². The lowest BCUT2D eigenvalue weighted by Gasteiger charge is -2.18. The van der Waals surface area contributed by atoms with Gasteiger partial charge >= 0.3 is 0 Å². The molecule has 2 bridgehead atoms. The molecule has 0 amide bonds. The van der Waals surface area contributed by atoms with E-state index < -0.39 is 6.10 Å². The van der Waals surface area contributed by atoms with Gasteiger partial charge in [0.25, 0.3) is 0 Å². The van der Waals surface area contributed by atoms with Gasteiger partial charge in [-0.3, -0.25) is 0 Å². The summed E-state index contributed by atoms with van der Waals surface area (Å²) in [5.41, 5.74) is 1.12. The van der Waals surface area contributed by atoms with E-state index in [1.165, 1.54) is 0 Å². The molecule has 3 nitrogen and oxygen atoms in total. The Morgan fingerprint density at radius 3 is 2.88 bits per heavy atom. The highest BCUT2D eigenvalue weighted by molar-refractivity contribution is 5.14. The van der Waals surface area contributed by atoms with Gasteiger partial charge in [0.2, 0.25) is 0 Å². The second-order valence-corrected chi connectivity index (χ2v) is 4.55. The first-order valence-electron chi connectivity index (χ1n) is 6.00. The molecule has 1 aromatic rings. The van der Waals surface area contributed by atoms with Crippen molar-refractivity contribution in [2.45, 2.75) is 37.4 Å². The summed E-state index contributed by atoms with van der Waals surface area (Å²) >= 11 is 0. The number of ether oxygens (including phenoxy) is 2. The highest BCUT2D eigenvalue weighted by atomic mass is 16.6. The van der Waals surface area contributed by atoms with Crippen molar-refractivity contribution < 1.29 is 14.6 Å². The van der Waals surface area contributed by atoms with Gasteiger partial charge in [0.1, 0.15) is 18.3 Å². The Hall–Kier alpha value is -1.16. The Morgan fingerprint density at radius 1 is 1.29 bits per heavy atom. The lowest BCUT2D eigenvalue weighted by atomic mass is 10.1. The zero-order valence-corrected chi connectivity index (χ0v) is 9.53. The minimum atomic E-state index is -0.515. The van der Waals surface area contributed by atoms with Gasteiger partial charge in [-0.15, -0.1) is 0 Å². The minimum Gasteiger partial charge on any atom is -0.388 e. The molecule has 90 valence electrons. The van der Waals surface area contributed by atoms with Crippen molar-refractivity contribution in [3.8, 4) is 0 Å². The molecule has 1 fully saturated rings. The van der Waals surface area contributed by atoms with Gasteiger partial charge in [-0.25, -0.2) is 0 Å². The van der Waals surface area contributed by atoms with E-state index in [1.807, 2.05) is 36.4 Å². The average Bonchev–Trinajstić information content (AvgIpc) is 2.60. The molecule has 0 aromatic heterocycles. The maximum Gasteiger partial charge on any atom is 0.116 e. The van der Waals surface area contributed by atoms with Crippen molar-refractivity contribution in [2.75, 3.05) is 0 Å². The molecule has 0 aliphatic carbocycles. The summed E-state index contributed by atoms with van der Waals surface area (Å²) in [7, 11) is 0. The quantitative estimate of drug-likeness (QED) is 0.805. The summed E-state index contributed by atoms with van der Waals surface area (Å²) in [5, 5.41) is 10.0. The Bertz CT molecular complexity index is 401. The molecule has 2 aliphatic heterocycles. The van der Waals surface area contributed by atoms with E-state index in [1.54, 1.807) is 0 Å². The Labute approximate surface area is 101 Å². The minimum absolute atomic E-state index is 0.0903. The lowest BCUT2D eigenvalue weighted by Crippen LogP contribution is -2.33. The van der Waals surface area contributed by atoms with Crippen molar-refractivity contribution in [3.05, 3.63) is 48.0 Å². The van der Waals surface area contributed by atoms with Crippen LogP contribution in [0.4, 0.5) is 0 Å². The van der Waals surface area contributed by atoms with Crippen LogP contribution in [0.2, 0.25) is 0 Å². The van der Waals surface area contributed by atoms with Crippen LogP contribution >= 0.6 is 0 Å². The van der Waals surface area contributed by atoms with Gasteiger partial charge < -0.3 is 14.6 Å². The zero-order chi connectivity index (χ0) is 11.7. The van der Waals surface area contributed by atoms with Crippen molar-refractivity contribution in [2.24, 2.45) is 0 Å². The third-order valence-corrected chi connectivity index (χ3v) is 3.35.